The Morgan fingerprint density at radius 2 is 2.08 bits per heavy atom. The maximum atomic E-state index is 5.28. The van der Waals surface area contributed by atoms with Gasteiger partial charge in [-0.25, -0.2) is 0 Å². The SMILES string of the molecule is C#CCC(C)C(C)(C)C=CCC. The first-order valence-electron chi connectivity index (χ1n) is 4.65. The molecule has 0 saturated heterocycles. The summed E-state index contributed by atoms with van der Waals surface area (Å²) in [5.74, 6) is 3.28. The smallest absolute Gasteiger partial charge is 0.0120 e. The van der Waals surface area contributed by atoms with E-state index in [1.807, 2.05) is 0 Å². The Bertz CT molecular complexity index is 179. The van der Waals surface area contributed by atoms with Crippen LogP contribution in [0, 0.1) is 23.7 Å². The summed E-state index contributed by atoms with van der Waals surface area (Å²) >= 11 is 0. The van der Waals surface area contributed by atoms with Gasteiger partial charge in [0.15, 0.2) is 0 Å². The van der Waals surface area contributed by atoms with Crippen LogP contribution in [0.4, 0.5) is 0 Å². The van der Waals surface area contributed by atoms with E-state index in [0.29, 0.717) is 5.92 Å². The van der Waals surface area contributed by atoms with Crippen LogP contribution >= 0.6 is 0 Å². The van der Waals surface area contributed by atoms with Crippen LogP contribution in [-0.2, 0) is 0 Å². The average molecular weight is 164 g/mol. The molecule has 0 heterocycles. The molecule has 0 aromatic rings. The first kappa shape index (κ1) is 11.3. The van der Waals surface area contributed by atoms with Gasteiger partial charge in [-0.3, -0.25) is 0 Å². The number of rotatable bonds is 4. The molecule has 0 spiro atoms. The average Bonchev–Trinajstić information content (AvgIpc) is 2.01. The monoisotopic (exact) mass is 164 g/mol. The lowest BCUT2D eigenvalue weighted by molar-refractivity contribution is 0.313. The number of hydrogen-bond acceptors (Lipinski definition) is 0. The van der Waals surface area contributed by atoms with Crippen LogP contribution in [0.15, 0.2) is 12.2 Å². The molecule has 0 aliphatic rings. The predicted molar refractivity (Wildman–Crippen MR) is 55.8 cm³/mol. The van der Waals surface area contributed by atoms with Gasteiger partial charge in [0.2, 0.25) is 0 Å². The largest absolute Gasteiger partial charge is 0.120 e. The maximum Gasteiger partial charge on any atom is 0.0120 e. The quantitative estimate of drug-likeness (QED) is 0.439. The summed E-state index contributed by atoms with van der Waals surface area (Å²) in [5, 5.41) is 0. The number of allylic oxidation sites excluding steroid dienone is 2. The van der Waals surface area contributed by atoms with Crippen molar-refractivity contribution in [3.63, 3.8) is 0 Å². The minimum Gasteiger partial charge on any atom is -0.120 e. The lowest BCUT2D eigenvalue weighted by atomic mass is 9.78. The van der Waals surface area contributed by atoms with Gasteiger partial charge >= 0.3 is 0 Å². The molecule has 0 aromatic carbocycles. The fourth-order valence-electron chi connectivity index (χ4n) is 1.03. The standard InChI is InChI=1S/C12H20/c1-6-8-10-12(4,5)11(3)9-7-2/h2,8,10-11H,6,9H2,1,3-5H3. The third kappa shape index (κ3) is 3.62. The van der Waals surface area contributed by atoms with Gasteiger partial charge in [-0.05, 0) is 17.8 Å². The Morgan fingerprint density at radius 1 is 1.50 bits per heavy atom. The van der Waals surface area contributed by atoms with Crippen LogP contribution in [0.3, 0.4) is 0 Å². The highest BCUT2D eigenvalue weighted by molar-refractivity contribution is 5.00. The van der Waals surface area contributed by atoms with Gasteiger partial charge in [-0.2, -0.15) is 0 Å². The molecule has 0 saturated carbocycles. The van der Waals surface area contributed by atoms with Crippen LogP contribution in [-0.4, -0.2) is 0 Å². The number of hydrogen-bond donors (Lipinski definition) is 0. The van der Waals surface area contributed by atoms with Gasteiger partial charge < -0.3 is 0 Å². The molecule has 0 aromatic heterocycles. The Kier molecular flexibility index (Phi) is 4.74. The summed E-state index contributed by atoms with van der Waals surface area (Å²) in [6, 6.07) is 0. The Morgan fingerprint density at radius 3 is 2.50 bits per heavy atom. The molecule has 0 fully saturated rings. The highest BCUT2D eigenvalue weighted by atomic mass is 14.2. The van der Waals surface area contributed by atoms with Gasteiger partial charge in [0.1, 0.15) is 0 Å². The van der Waals surface area contributed by atoms with Crippen molar-refractivity contribution in [3.8, 4) is 12.3 Å². The molecule has 68 valence electrons. The van der Waals surface area contributed by atoms with Crippen molar-refractivity contribution < 1.29 is 0 Å². The van der Waals surface area contributed by atoms with Crippen molar-refractivity contribution in [3.05, 3.63) is 12.2 Å². The van der Waals surface area contributed by atoms with E-state index < -0.39 is 0 Å². The van der Waals surface area contributed by atoms with E-state index in [2.05, 4.69) is 45.8 Å². The summed E-state index contributed by atoms with van der Waals surface area (Å²) < 4.78 is 0. The first-order chi connectivity index (χ1) is 5.54. The third-order valence-corrected chi connectivity index (χ3v) is 2.48. The summed E-state index contributed by atoms with van der Waals surface area (Å²) in [5.41, 5.74) is 0.238. The van der Waals surface area contributed by atoms with Gasteiger partial charge in [0.05, 0.1) is 0 Å². The lowest BCUT2D eigenvalue weighted by Crippen LogP contribution is -2.18. The second-order valence-electron chi connectivity index (χ2n) is 3.94. The minimum absolute atomic E-state index is 0.238. The summed E-state index contributed by atoms with van der Waals surface area (Å²) in [7, 11) is 0. The molecule has 0 bridgehead atoms. The molecule has 0 heteroatoms. The van der Waals surface area contributed by atoms with Crippen molar-refractivity contribution in [1.82, 2.24) is 0 Å². The fourth-order valence-corrected chi connectivity index (χ4v) is 1.03. The second kappa shape index (κ2) is 5.04. The molecule has 0 amide bonds. The molecule has 0 radical (unpaired) electrons. The topological polar surface area (TPSA) is 0 Å². The van der Waals surface area contributed by atoms with E-state index in [1.165, 1.54) is 0 Å². The van der Waals surface area contributed by atoms with E-state index in [1.54, 1.807) is 0 Å². The van der Waals surface area contributed by atoms with Crippen molar-refractivity contribution in [2.45, 2.75) is 40.5 Å². The van der Waals surface area contributed by atoms with E-state index in [4.69, 9.17) is 6.42 Å². The second-order valence-corrected chi connectivity index (χ2v) is 3.94. The molecule has 0 nitrogen and oxygen atoms in total. The number of terminal acetylenes is 1. The summed E-state index contributed by atoms with van der Waals surface area (Å²) in [6.07, 6.45) is 11.7. The van der Waals surface area contributed by atoms with E-state index in [-0.39, 0.29) is 5.41 Å². The van der Waals surface area contributed by atoms with Crippen LogP contribution in [0.5, 0.6) is 0 Å². The van der Waals surface area contributed by atoms with Crippen molar-refractivity contribution in [2.75, 3.05) is 0 Å². The third-order valence-electron chi connectivity index (χ3n) is 2.48. The Hall–Kier alpha value is -0.700. The zero-order chi connectivity index (χ0) is 9.61. The molecular weight excluding hydrogens is 144 g/mol. The van der Waals surface area contributed by atoms with E-state index in [0.717, 1.165) is 12.8 Å². The predicted octanol–water partition coefficient (Wildman–Crippen LogP) is 3.64. The van der Waals surface area contributed by atoms with Crippen LogP contribution in [0.1, 0.15) is 40.5 Å². The molecule has 1 unspecified atom stereocenters. The Balaban J connectivity index is 4.19. The van der Waals surface area contributed by atoms with Gasteiger partial charge in [0.25, 0.3) is 0 Å². The fraction of sp³-hybridized carbons (Fsp3) is 0.667. The van der Waals surface area contributed by atoms with E-state index in [9.17, 15) is 0 Å². The molecule has 0 aliphatic carbocycles. The summed E-state index contributed by atoms with van der Waals surface area (Å²) in [6.45, 7) is 8.83. The van der Waals surface area contributed by atoms with Crippen LogP contribution in [0.25, 0.3) is 0 Å². The maximum absolute atomic E-state index is 5.28. The lowest BCUT2D eigenvalue weighted by Gasteiger charge is -2.27. The van der Waals surface area contributed by atoms with Crippen molar-refractivity contribution in [1.29, 1.82) is 0 Å². The normalized spacial score (nSPS) is 14.6. The van der Waals surface area contributed by atoms with Crippen LogP contribution in [0.2, 0.25) is 0 Å². The zero-order valence-electron chi connectivity index (χ0n) is 8.72. The molecule has 0 N–H and O–H groups in total. The molecule has 1 atom stereocenters. The molecule has 0 aliphatic heterocycles. The highest BCUT2D eigenvalue weighted by Gasteiger charge is 2.21. The molecule has 12 heavy (non-hydrogen) atoms. The first-order valence-corrected chi connectivity index (χ1v) is 4.65. The van der Waals surface area contributed by atoms with Crippen molar-refractivity contribution >= 4 is 0 Å². The minimum atomic E-state index is 0.238. The highest BCUT2D eigenvalue weighted by Crippen LogP contribution is 2.30. The zero-order valence-corrected chi connectivity index (χ0v) is 8.72. The molecular formula is C12H20. The van der Waals surface area contributed by atoms with Crippen LogP contribution < -0.4 is 0 Å². The van der Waals surface area contributed by atoms with Gasteiger partial charge in [-0.15, -0.1) is 12.3 Å². The molecule has 0 rings (SSSR count). The van der Waals surface area contributed by atoms with Gasteiger partial charge in [-0.1, -0.05) is 39.8 Å². The van der Waals surface area contributed by atoms with Gasteiger partial charge in [0, 0.05) is 6.42 Å². The van der Waals surface area contributed by atoms with E-state index >= 15 is 0 Å². The van der Waals surface area contributed by atoms with Crippen molar-refractivity contribution in [2.24, 2.45) is 11.3 Å². The summed E-state index contributed by atoms with van der Waals surface area (Å²) in [4.78, 5) is 0. The Labute approximate surface area is 77.1 Å².